The Morgan fingerprint density at radius 1 is 1.60 bits per heavy atom. The summed E-state index contributed by atoms with van der Waals surface area (Å²) in [5, 5.41) is 9.48. The van der Waals surface area contributed by atoms with E-state index in [1.807, 2.05) is 0 Å². The van der Waals surface area contributed by atoms with Gasteiger partial charge in [0, 0.05) is 6.04 Å². The number of hydrogen-bond donors (Lipinski definition) is 3. The van der Waals surface area contributed by atoms with Crippen molar-refractivity contribution in [1.82, 2.24) is 15.2 Å². The fraction of sp³-hybridized carbons (Fsp3) is 0.600. The molecule has 4 N–H and O–H groups in total. The standard InChI is InChI=1S/C5H9N5/c6-4-8-5(10-9-4)7-3-1-2-3/h3H,1-2H2,(H4,6,7,8,9,10). The highest BCUT2D eigenvalue weighted by atomic mass is 15.3. The molecule has 5 nitrogen and oxygen atoms in total. The van der Waals surface area contributed by atoms with Crippen molar-refractivity contribution in [3.8, 4) is 0 Å². The molecule has 0 atom stereocenters. The number of nitrogen functional groups attached to an aromatic ring is 1. The maximum atomic E-state index is 5.31. The minimum Gasteiger partial charge on any atom is -0.368 e. The molecule has 0 spiro atoms. The van der Waals surface area contributed by atoms with Crippen LogP contribution in [0.4, 0.5) is 11.9 Å². The number of anilines is 2. The molecule has 1 aromatic heterocycles. The lowest BCUT2D eigenvalue weighted by atomic mass is 10.7. The van der Waals surface area contributed by atoms with E-state index in [1.165, 1.54) is 12.8 Å². The van der Waals surface area contributed by atoms with Gasteiger partial charge in [-0.05, 0) is 12.8 Å². The maximum Gasteiger partial charge on any atom is 0.243 e. The number of nitrogens with zero attached hydrogens (tertiary/aromatic N) is 2. The third kappa shape index (κ3) is 1.02. The number of nitrogens with one attached hydrogen (secondary N) is 2. The molecule has 0 amide bonds. The summed E-state index contributed by atoms with van der Waals surface area (Å²) in [6.07, 6.45) is 2.43. The fourth-order valence-electron chi connectivity index (χ4n) is 0.749. The van der Waals surface area contributed by atoms with Crippen molar-refractivity contribution in [3.05, 3.63) is 0 Å². The molecule has 1 heterocycles. The normalized spacial score (nSPS) is 17.2. The van der Waals surface area contributed by atoms with E-state index in [1.54, 1.807) is 0 Å². The van der Waals surface area contributed by atoms with Crippen LogP contribution in [0.25, 0.3) is 0 Å². The monoisotopic (exact) mass is 139 g/mol. The van der Waals surface area contributed by atoms with Crippen LogP contribution in [-0.2, 0) is 0 Å². The first-order chi connectivity index (χ1) is 4.84. The van der Waals surface area contributed by atoms with E-state index in [2.05, 4.69) is 20.5 Å². The highest BCUT2D eigenvalue weighted by Gasteiger charge is 2.22. The fourth-order valence-corrected chi connectivity index (χ4v) is 0.749. The van der Waals surface area contributed by atoms with Gasteiger partial charge in [-0.3, -0.25) is 0 Å². The van der Waals surface area contributed by atoms with Crippen LogP contribution >= 0.6 is 0 Å². The van der Waals surface area contributed by atoms with Gasteiger partial charge in [0.1, 0.15) is 0 Å². The Hall–Kier alpha value is -1.26. The van der Waals surface area contributed by atoms with Crippen LogP contribution in [0.1, 0.15) is 12.8 Å². The summed E-state index contributed by atoms with van der Waals surface area (Å²) in [5.41, 5.74) is 5.31. The quantitative estimate of drug-likeness (QED) is 0.537. The minimum absolute atomic E-state index is 0.364. The van der Waals surface area contributed by atoms with Gasteiger partial charge in [0.25, 0.3) is 0 Å². The molecule has 2 rings (SSSR count). The Kier molecular flexibility index (Phi) is 1.03. The molecule has 0 radical (unpaired) electrons. The summed E-state index contributed by atoms with van der Waals surface area (Å²) in [7, 11) is 0. The van der Waals surface area contributed by atoms with Gasteiger partial charge in [-0.15, -0.1) is 5.10 Å². The van der Waals surface area contributed by atoms with Crippen molar-refractivity contribution in [2.24, 2.45) is 0 Å². The predicted molar refractivity (Wildman–Crippen MR) is 37.4 cm³/mol. The summed E-state index contributed by atoms with van der Waals surface area (Å²) in [6, 6.07) is 0.579. The first-order valence-corrected chi connectivity index (χ1v) is 3.29. The molecule has 54 valence electrons. The van der Waals surface area contributed by atoms with Crippen LogP contribution in [-0.4, -0.2) is 21.2 Å². The van der Waals surface area contributed by atoms with Gasteiger partial charge in [0.15, 0.2) is 0 Å². The van der Waals surface area contributed by atoms with E-state index >= 15 is 0 Å². The zero-order valence-electron chi connectivity index (χ0n) is 5.46. The average molecular weight is 139 g/mol. The van der Waals surface area contributed by atoms with Crippen LogP contribution in [0, 0.1) is 0 Å². The Morgan fingerprint density at radius 3 is 2.90 bits per heavy atom. The largest absolute Gasteiger partial charge is 0.368 e. The van der Waals surface area contributed by atoms with Gasteiger partial charge in [-0.25, -0.2) is 5.10 Å². The Labute approximate surface area is 58.0 Å². The third-order valence-corrected chi connectivity index (χ3v) is 1.41. The first-order valence-electron chi connectivity index (χ1n) is 3.29. The van der Waals surface area contributed by atoms with E-state index in [-0.39, 0.29) is 0 Å². The molecule has 1 aliphatic rings. The van der Waals surface area contributed by atoms with E-state index in [0.717, 1.165) is 0 Å². The molecule has 0 unspecified atom stereocenters. The topological polar surface area (TPSA) is 79.6 Å². The summed E-state index contributed by atoms with van der Waals surface area (Å²) in [4.78, 5) is 3.89. The van der Waals surface area contributed by atoms with E-state index in [4.69, 9.17) is 5.73 Å². The molecule has 0 aromatic carbocycles. The van der Waals surface area contributed by atoms with Gasteiger partial charge in [-0.1, -0.05) is 0 Å². The second-order valence-corrected chi connectivity index (χ2v) is 2.46. The van der Waals surface area contributed by atoms with Crippen LogP contribution in [0.2, 0.25) is 0 Å². The molecule has 0 saturated heterocycles. The number of hydrogen-bond acceptors (Lipinski definition) is 4. The molecule has 0 aliphatic heterocycles. The highest BCUT2D eigenvalue weighted by Crippen LogP contribution is 2.22. The molecular weight excluding hydrogens is 130 g/mol. The molecule has 1 aromatic rings. The van der Waals surface area contributed by atoms with Gasteiger partial charge < -0.3 is 11.1 Å². The van der Waals surface area contributed by atoms with Gasteiger partial charge in [-0.2, -0.15) is 4.98 Å². The van der Waals surface area contributed by atoms with Gasteiger partial charge >= 0.3 is 0 Å². The smallest absolute Gasteiger partial charge is 0.243 e. The van der Waals surface area contributed by atoms with Gasteiger partial charge in [0.2, 0.25) is 11.9 Å². The zero-order valence-corrected chi connectivity index (χ0v) is 5.46. The highest BCUT2D eigenvalue weighted by molar-refractivity contribution is 5.32. The first kappa shape index (κ1) is 5.52. The molecule has 0 bridgehead atoms. The lowest BCUT2D eigenvalue weighted by Gasteiger charge is -1.92. The Morgan fingerprint density at radius 2 is 2.40 bits per heavy atom. The summed E-state index contributed by atoms with van der Waals surface area (Å²) in [6.45, 7) is 0. The van der Waals surface area contributed by atoms with Crippen LogP contribution in [0.3, 0.4) is 0 Å². The summed E-state index contributed by atoms with van der Waals surface area (Å²) >= 11 is 0. The second-order valence-electron chi connectivity index (χ2n) is 2.46. The van der Waals surface area contributed by atoms with E-state index < -0.39 is 0 Å². The molecular formula is C5H9N5. The number of aromatic amines is 1. The SMILES string of the molecule is Nc1nc(NC2CC2)n[nH]1. The Bertz CT molecular complexity index is 226. The Balaban J connectivity index is 2.03. The molecule has 5 heteroatoms. The van der Waals surface area contributed by atoms with Crippen molar-refractivity contribution < 1.29 is 0 Å². The van der Waals surface area contributed by atoms with Crippen molar-refractivity contribution in [2.45, 2.75) is 18.9 Å². The average Bonchev–Trinajstić information content (AvgIpc) is 2.59. The third-order valence-electron chi connectivity index (χ3n) is 1.41. The van der Waals surface area contributed by atoms with Crippen LogP contribution in [0.15, 0.2) is 0 Å². The zero-order chi connectivity index (χ0) is 6.97. The number of H-pyrrole nitrogens is 1. The summed E-state index contributed by atoms with van der Waals surface area (Å²) in [5.74, 6) is 0.975. The molecule has 1 fully saturated rings. The predicted octanol–water partition coefficient (Wildman–Crippen LogP) is -0.0388. The molecule has 1 aliphatic carbocycles. The lowest BCUT2D eigenvalue weighted by molar-refractivity contribution is 1.04. The van der Waals surface area contributed by atoms with Crippen molar-refractivity contribution >= 4 is 11.9 Å². The van der Waals surface area contributed by atoms with Crippen LogP contribution < -0.4 is 11.1 Å². The van der Waals surface area contributed by atoms with Crippen molar-refractivity contribution in [1.29, 1.82) is 0 Å². The minimum atomic E-state index is 0.364. The molecule has 10 heavy (non-hydrogen) atoms. The van der Waals surface area contributed by atoms with Crippen molar-refractivity contribution in [2.75, 3.05) is 11.1 Å². The number of aromatic nitrogens is 3. The van der Waals surface area contributed by atoms with E-state index in [0.29, 0.717) is 17.9 Å². The molecule has 1 saturated carbocycles. The van der Waals surface area contributed by atoms with Gasteiger partial charge in [0.05, 0.1) is 0 Å². The number of rotatable bonds is 2. The van der Waals surface area contributed by atoms with Crippen molar-refractivity contribution in [3.63, 3.8) is 0 Å². The maximum absolute atomic E-state index is 5.31. The van der Waals surface area contributed by atoms with E-state index in [9.17, 15) is 0 Å². The van der Waals surface area contributed by atoms with Crippen LogP contribution in [0.5, 0.6) is 0 Å². The second kappa shape index (κ2) is 1.86. The number of nitrogens with two attached hydrogens (primary N) is 1. The summed E-state index contributed by atoms with van der Waals surface area (Å²) < 4.78 is 0. The lowest BCUT2D eigenvalue weighted by Crippen LogP contribution is -2.02.